The first-order valence-electron chi connectivity index (χ1n) is 40.9. The minimum atomic E-state index is -5.22. The highest BCUT2D eigenvalue weighted by atomic mass is 19.4. The quantitative estimate of drug-likeness (QED) is 0.166. The Balaban J connectivity index is 1.11. The summed E-state index contributed by atoms with van der Waals surface area (Å²) in [5, 5.41) is 8.53. The summed E-state index contributed by atoms with van der Waals surface area (Å²) in [6.45, 7) is 3.98. The van der Waals surface area contributed by atoms with Crippen LogP contribution in [0.25, 0.3) is 0 Å². The predicted octanol–water partition coefficient (Wildman–Crippen LogP) is 6.49. The van der Waals surface area contributed by atoms with E-state index in [0.29, 0.717) is 57.8 Å². The molecule has 9 fully saturated rings. The molecule has 632 valence electrons. The SMILES string of the molecule is CCO[C@@H]1C[C@H]2C(=O)NC3(CCC3)C(=O)N(C)[C@@H](C3CCCC3)C(=O)N(C)[C@H](C(=O)N3CCOCC3)CC(=O)N(C)[C@@H](CC3CCC3)C(=O)N[C@@H]([C@@H](C)CC)C(=O)N(C)CC(=O)N(C)[C@H]3CCCCCN(C3=O)[C@@H](CC3CCC(C(F)(F)F)CC3)C(=O)N(C)CC(=O)N[C@@H](CCC3CC(F)C(C(F)(F)F)C(F)C3)C(=O)N2C1. The first kappa shape index (κ1) is 88.9. The van der Waals surface area contributed by atoms with Crippen molar-refractivity contribution in [2.75, 3.05) is 101 Å². The van der Waals surface area contributed by atoms with Crippen LogP contribution in [0.2, 0.25) is 0 Å². The Bertz CT molecular complexity index is 3320. The van der Waals surface area contributed by atoms with Crippen molar-refractivity contribution in [2.24, 2.45) is 41.4 Å². The molecular formula is C78H120F8N12O14. The van der Waals surface area contributed by atoms with Crippen molar-refractivity contribution < 1.29 is 102 Å². The number of morpholine rings is 1. The van der Waals surface area contributed by atoms with Gasteiger partial charge in [-0.3, -0.25) is 57.5 Å². The number of hydrogen-bond donors (Lipinski definition) is 3. The van der Waals surface area contributed by atoms with Gasteiger partial charge in [0.1, 0.15) is 72.1 Å². The number of amides is 12. The Morgan fingerprint density at radius 2 is 1.19 bits per heavy atom. The highest BCUT2D eigenvalue weighted by molar-refractivity contribution is 6.01. The minimum Gasteiger partial charge on any atom is -0.378 e. The van der Waals surface area contributed by atoms with Crippen LogP contribution in [-0.2, 0) is 67.0 Å². The summed E-state index contributed by atoms with van der Waals surface area (Å²) < 4.78 is 127. The number of carbonyl (C=O) groups excluding carboxylic acids is 12. The fraction of sp³-hybridized carbons (Fsp3) is 0.846. The third-order valence-electron chi connectivity index (χ3n) is 26.2. The lowest BCUT2D eigenvalue weighted by Crippen LogP contribution is -2.68. The molecule has 34 heteroatoms. The van der Waals surface area contributed by atoms with Crippen LogP contribution in [0.3, 0.4) is 0 Å². The maximum absolute atomic E-state index is 15.8. The van der Waals surface area contributed by atoms with E-state index < -0.39 is 230 Å². The Morgan fingerprint density at radius 3 is 1.77 bits per heavy atom. The van der Waals surface area contributed by atoms with Crippen LogP contribution < -0.4 is 16.0 Å². The summed E-state index contributed by atoms with van der Waals surface area (Å²) in [6, 6.07) is -11.2. The molecule has 26 nitrogen and oxygen atoms in total. The maximum atomic E-state index is 15.8. The minimum absolute atomic E-state index is 0.0104. The second kappa shape index (κ2) is 38.6. The normalized spacial score (nSPS) is 32.7. The number of nitrogens with one attached hydrogen (secondary N) is 3. The van der Waals surface area contributed by atoms with Gasteiger partial charge in [0.05, 0.1) is 44.7 Å². The average Bonchev–Trinajstić information content (AvgIpc) is 1.16. The molecular weight excluding hydrogens is 1480 g/mol. The molecule has 4 heterocycles. The molecule has 2 bridgehead atoms. The lowest BCUT2D eigenvalue weighted by molar-refractivity contribution is -0.219. The number of hydrogen-bond acceptors (Lipinski definition) is 14. The van der Waals surface area contributed by atoms with Gasteiger partial charge in [-0.05, 0) is 146 Å². The average molecular weight is 1600 g/mol. The fourth-order valence-electron chi connectivity index (χ4n) is 18.6. The number of ether oxygens (including phenoxy) is 2. The van der Waals surface area contributed by atoms with Crippen LogP contribution in [-0.4, -0.2) is 301 Å². The Labute approximate surface area is 652 Å². The molecule has 5 aliphatic carbocycles. The van der Waals surface area contributed by atoms with Crippen molar-refractivity contribution in [3.8, 4) is 0 Å². The standard InChI is InChI=1S/C78H120F8N12O14/c1-10-46(3)65-73(108)91(5)45-63(101)92(6)56-23-13-12-16-32-97(72(56)107)60(40-48-24-27-51(28-25-48)77(81,82)83)70(105)90(4)44-61(99)87-55(29-26-49-37-53(79)64(54(80)38-49)78(84,85)86)69(104)98-43-52(112-11-2)41-58(98)68(103)89-76(30-18-31-76)75(110)95(9)66(50-21-14-15-22-50)74(109)94(8)59(71(106)96-33-35-111-36-34-96)42-62(100)93(7)57(67(102)88-65)39-47-19-17-20-47/h46-60,64-66H,10-45H2,1-9H3,(H,87,99)(H,88,102)(H,89,103)/t46-,48?,49?,51?,52+,53?,54?,55-,56-,57-,58-,59-,60-,64?,65-,66-/m0/s1. The second-order valence-electron chi connectivity index (χ2n) is 33.6. The van der Waals surface area contributed by atoms with E-state index in [2.05, 4.69) is 16.0 Å². The van der Waals surface area contributed by atoms with Crippen molar-refractivity contribution in [1.29, 1.82) is 0 Å². The fourth-order valence-corrected chi connectivity index (χ4v) is 18.6. The van der Waals surface area contributed by atoms with E-state index in [1.54, 1.807) is 20.8 Å². The van der Waals surface area contributed by atoms with E-state index in [0.717, 1.165) is 34.0 Å². The summed E-state index contributed by atoms with van der Waals surface area (Å²) in [4.78, 5) is 194. The van der Waals surface area contributed by atoms with E-state index >= 15 is 51.9 Å². The van der Waals surface area contributed by atoms with Gasteiger partial charge in [-0.2, -0.15) is 26.3 Å². The van der Waals surface area contributed by atoms with Crippen LogP contribution in [0.1, 0.15) is 194 Å². The summed E-state index contributed by atoms with van der Waals surface area (Å²) in [5.74, 6) is -16.4. The summed E-state index contributed by atoms with van der Waals surface area (Å²) in [5.41, 5.74) is -1.69. The van der Waals surface area contributed by atoms with Gasteiger partial charge in [-0.15, -0.1) is 0 Å². The molecule has 0 aromatic rings. The molecule has 9 aliphatic rings. The molecule has 9 rings (SSSR count). The van der Waals surface area contributed by atoms with Crippen molar-refractivity contribution >= 4 is 70.9 Å². The second-order valence-corrected chi connectivity index (χ2v) is 33.6. The van der Waals surface area contributed by atoms with E-state index in [4.69, 9.17) is 9.47 Å². The molecule has 4 aliphatic heterocycles. The van der Waals surface area contributed by atoms with Crippen LogP contribution in [0.4, 0.5) is 35.1 Å². The van der Waals surface area contributed by atoms with Crippen molar-refractivity contribution in [1.82, 2.24) is 60.0 Å². The van der Waals surface area contributed by atoms with Gasteiger partial charge in [-0.25, -0.2) is 8.78 Å². The smallest absolute Gasteiger partial charge is 0.378 e. The third kappa shape index (κ3) is 21.2. The number of alkyl halides is 8. The topological polar surface area (TPSA) is 289 Å². The molecule has 1 spiro atoms. The van der Waals surface area contributed by atoms with Gasteiger partial charge in [0.15, 0.2) is 0 Å². The molecule has 12 amide bonds. The van der Waals surface area contributed by atoms with Crippen LogP contribution >= 0.6 is 0 Å². The molecule has 4 saturated heterocycles. The van der Waals surface area contributed by atoms with Crippen molar-refractivity contribution in [3.63, 3.8) is 0 Å². The highest BCUT2D eigenvalue weighted by Gasteiger charge is 2.57. The zero-order chi connectivity index (χ0) is 82.0. The summed E-state index contributed by atoms with van der Waals surface area (Å²) >= 11 is 0. The Hall–Kier alpha value is -7.00. The van der Waals surface area contributed by atoms with Crippen LogP contribution in [0, 0.1) is 41.4 Å². The van der Waals surface area contributed by atoms with Crippen LogP contribution in [0.15, 0.2) is 0 Å². The highest BCUT2D eigenvalue weighted by Crippen LogP contribution is 2.46. The maximum Gasteiger partial charge on any atom is 0.397 e. The van der Waals surface area contributed by atoms with Crippen LogP contribution in [0.5, 0.6) is 0 Å². The lowest BCUT2D eigenvalue weighted by Gasteiger charge is -2.47. The number of halogens is 8. The summed E-state index contributed by atoms with van der Waals surface area (Å²) in [7, 11) is 8.20. The molecule has 3 N–H and O–H groups in total. The zero-order valence-corrected chi connectivity index (χ0v) is 66.6. The van der Waals surface area contributed by atoms with Gasteiger partial charge in [-0.1, -0.05) is 65.2 Å². The molecule has 12 atom stereocenters. The molecule has 112 heavy (non-hydrogen) atoms. The Kier molecular flexibility index (Phi) is 30.7. The van der Waals surface area contributed by atoms with Gasteiger partial charge in [0.2, 0.25) is 70.9 Å². The largest absolute Gasteiger partial charge is 0.397 e. The first-order chi connectivity index (χ1) is 52.9. The van der Waals surface area contributed by atoms with Crippen molar-refractivity contribution in [2.45, 2.75) is 279 Å². The van der Waals surface area contributed by atoms with E-state index in [-0.39, 0.29) is 123 Å². The van der Waals surface area contributed by atoms with Crippen molar-refractivity contribution in [3.05, 3.63) is 0 Å². The number of rotatable bonds is 13. The zero-order valence-electron chi connectivity index (χ0n) is 66.6. The Morgan fingerprint density at radius 1 is 0.571 bits per heavy atom. The predicted molar refractivity (Wildman–Crippen MR) is 392 cm³/mol. The van der Waals surface area contributed by atoms with Gasteiger partial charge < -0.3 is 69.5 Å². The van der Waals surface area contributed by atoms with E-state index in [1.807, 2.05) is 0 Å². The molecule has 0 aromatic carbocycles. The van der Waals surface area contributed by atoms with E-state index in [9.17, 15) is 40.7 Å². The third-order valence-corrected chi connectivity index (χ3v) is 26.2. The number of nitrogens with zero attached hydrogens (tertiary/aromatic N) is 9. The molecule has 0 aromatic heterocycles. The van der Waals surface area contributed by atoms with Gasteiger partial charge in [0.25, 0.3) is 0 Å². The molecule has 2 unspecified atom stereocenters. The number of likely N-dealkylation sites (N-methyl/N-ethyl adjacent to an activating group) is 6. The number of carbonyl (C=O) groups is 12. The molecule has 0 radical (unpaired) electrons. The van der Waals surface area contributed by atoms with Gasteiger partial charge >= 0.3 is 12.4 Å². The van der Waals surface area contributed by atoms with Gasteiger partial charge in [0, 0.05) is 81.5 Å². The molecule has 5 saturated carbocycles. The summed E-state index contributed by atoms with van der Waals surface area (Å²) in [6.07, 6.45) is -12.7. The van der Waals surface area contributed by atoms with E-state index in [1.165, 1.54) is 71.7 Å². The monoisotopic (exact) mass is 1600 g/mol. The number of fused-ring (bicyclic) bond motifs is 3. The lowest BCUT2D eigenvalue weighted by atomic mass is 9.74. The first-order valence-corrected chi connectivity index (χ1v) is 40.9.